The van der Waals surface area contributed by atoms with Gasteiger partial charge < -0.3 is 39.6 Å². The molecule has 1 aliphatic heterocycles. The van der Waals surface area contributed by atoms with Crippen LogP contribution < -0.4 is 26.5 Å². The van der Waals surface area contributed by atoms with E-state index in [-0.39, 0.29) is 12.2 Å². The summed E-state index contributed by atoms with van der Waals surface area (Å²) in [7, 11) is 3.16. The average molecular weight is 758 g/mol. The molecule has 2 aliphatic rings. The highest BCUT2D eigenvalue weighted by Gasteiger charge is 2.71. The molecule has 1 saturated heterocycles. The molecule has 14 nitrogen and oxygen atoms in total. The maximum Gasteiger partial charge on any atom is 0.490 e. The second-order valence-electron chi connectivity index (χ2n) is 12.7. The van der Waals surface area contributed by atoms with Crippen molar-refractivity contribution < 1.29 is 56.7 Å². The number of carboxylic acids is 1. The number of H-pyrrole nitrogens is 1. The highest BCUT2D eigenvalue weighted by atomic mass is 19.4. The maximum atomic E-state index is 13.0. The molecule has 0 spiro atoms. The molecule has 5 N–H and O–H groups in total. The first-order valence-corrected chi connectivity index (χ1v) is 16.4. The minimum atomic E-state index is -5.08. The number of nitrogens with zero attached hydrogens (tertiary/aromatic N) is 1. The molecule has 2 heterocycles. The third-order valence-electron chi connectivity index (χ3n) is 9.45. The molecule has 0 unspecified atom stereocenters. The molecule has 2 bridgehead atoms. The van der Waals surface area contributed by atoms with E-state index in [4.69, 9.17) is 39.3 Å². The standard InChI is InChI=1S/C35H37N3O9.C2HF3O2/c1-20-18-38(33(42)37-31(20)41)32-27-28(36)30(46-21(2)39)34(47-32,29(27)40)19-45-35(22-8-6-5-7-9-22,23-10-14-25(43-3)15-11-23)24-12-16-26(44-4)17-13-24;3-2(4,5)1(6)7/h5-18,27-30,32,40H,19,36H2,1-4H3,(H,37,41,42);(H,6,7)/t27-,28-,29+,30+,32-,34-;/m1./s1. The van der Waals surface area contributed by atoms with Crippen molar-refractivity contribution >= 4 is 11.9 Å². The summed E-state index contributed by atoms with van der Waals surface area (Å²) in [5.41, 5.74) is 4.88. The van der Waals surface area contributed by atoms with Crippen LogP contribution in [0.5, 0.6) is 11.5 Å². The van der Waals surface area contributed by atoms with Crippen molar-refractivity contribution in [1.29, 1.82) is 0 Å². The Morgan fingerprint density at radius 3 is 1.89 bits per heavy atom. The van der Waals surface area contributed by atoms with Crippen LogP contribution in [0.3, 0.4) is 0 Å². The lowest BCUT2D eigenvalue weighted by Gasteiger charge is -2.43. The lowest BCUT2D eigenvalue weighted by atomic mass is 9.79. The lowest BCUT2D eigenvalue weighted by Crippen LogP contribution is -2.59. The maximum absolute atomic E-state index is 13.0. The summed E-state index contributed by atoms with van der Waals surface area (Å²) >= 11 is 0. The normalized spacial score (nSPS) is 23.2. The van der Waals surface area contributed by atoms with Crippen LogP contribution in [0.4, 0.5) is 13.2 Å². The number of carbonyl (C=O) groups is 2. The fourth-order valence-corrected chi connectivity index (χ4v) is 6.89. The van der Waals surface area contributed by atoms with E-state index in [1.54, 1.807) is 21.1 Å². The van der Waals surface area contributed by atoms with Crippen LogP contribution in [0.2, 0.25) is 0 Å². The van der Waals surface area contributed by atoms with E-state index >= 15 is 0 Å². The number of nitrogens with two attached hydrogens (primary N) is 1. The van der Waals surface area contributed by atoms with E-state index in [9.17, 15) is 32.7 Å². The third-order valence-corrected chi connectivity index (χ3v) is 9.45. The van der Waals surface area contributed by atoms with Crippen LogP contribution in [0.25, 0.3) is 0 Å². The highest BCUT2D eigenvalue weighted by Crippen LogP contribution is 2.54. The highest BCUT2D eigenvalue weighted by molar-refractivity contribution is 5.73. The van der Waals surface area contributed by atoms with Gasteiger partial charge in [-0.3, -0.25) is 19.1 Å². The molecule has 1 aliphatic carbocycles. The Balaban J connectivity index is 0.000000730. The topological polar surface area (TPSA) is 202 Å². The number of methoxy groups -OCH3 is 2. The molecule has 6 atom stereocenters. The number of aromatic nitrogens is 2. The van der Waals surface area contributed by atoms with Gasteiger partial charge in [0, 0.05) is 18.7 Å². The number of halogens is 3. The van der Waals surface area contributed by atoms with Gasteiger partial charge in [-0.2, -0.15) is 13.2 Å². The van der Waals surface area contributed by atoms with Crippen molar-refractivity contribution in [2.24, 2.45) is 11.7 Å². The van der Waals surface area contributed by atoms with Gasteiger partial charge in [-0.1, -0.05) is 54.6 Å². The molecular formula is C37H38F3N3O11. The number of esters is 1. The molecule has 2 fully saturated rings. The Labute approximate surface area is 305 Å². The van der Waals surface area contributed by atoms with Crippen LogP contribution >= 0.6 is 0 Å². The first kappa shape index (κ1) is 39.7. The molecule has 3 aromatic carbocycles. The molecule has 0 radical (unpaired) electrons. The summed E-state index contributed by atoms with van der Waals surface area (Å²) in [4.78, 5) is 48.7. The number of ether oxygens (including phenoxy) is 5. The Bertz CT molecular complexity index is 2020. The van der Waals surface area contributed by atoms with Gasteiger partial charge in [-0.25, -0.2) is 9.59 Å². The lowest BCUT2D eigenvalue weighted by molar-refractivity contribution is -0.225. The monoisotopic (exact) mass is 757 g/mol. The van der Waals surface area contributed by atoms with Crippen molar-refractivity contribution in [3.8, 4) is 11.5 Å². The van der Waals surface area contributed by atoms with Crippen molar-refractivity contribution in [1.82, 2.24) is 9.55 Å². The fourth-order valence-electron chi connectivity index (χ4n) is 6.89. The molecular weight excluding hydrogens is 719 g/mol. The third kappa shape index (κ3) is 7.35. The van der Waals surface area contributed by atoms with Gasteiger partial charge in [0.1, 0.15) is 23.3 Å². The minimum Gasteiger partial charge on any atom is -0.497 e. The molecule has 17 heteroatoms. The Morgan fingerprint density at radius 1 is 0.926 bits per heavy atom. The largest absolute Gasteiger partial charge is 0.497 e. The minimum absolute atomic E-state index is 0.267. The zero-order valence-corrected chi connectivity index (χ0v) is 29.4. The number of alkyl halides is 3. The van der Waals surface area contributed by atoms with Crippen LogP contribution in [0.15, 0.2) is 94.6 Å². The predicted molar refractivity (Wildman–Crippen MR) is 184 cm³/mol. The van der Waals surface area contributed by atoms with Crippen molar-refractivity contribution in [3.63, 3.8) is 0 Å². The second kappa shape index (κ2) is 15.5. The first-order valence-electron chi connectivity index (χ1n) is 16.4. The van der Waals surface area contributed by atoms with Gasteiger partial charge >= 0.3 is 23.8 Å². The molecule has 54 heavy (non-hydrogen) atoms. The summed E-state index contributed by atoms with van der Waals surface area (Å²) in [6, 6.07) is 23.4. The Morgan fingerprint density at radius 2 is 1.43 bits per heavy atom. The number of aliphatic hydroxyl groups is 1. The van der Waals surface area contributed by atoms with E-state index in [1.165, 1.54) is 17.7 Å². The van der Waals surface area contributed by atoms with E-state index in [0.717, 1.165) is 16.7 Å². The van der Waals surface area contributed by atoms with Gasteiger partial charge in [0.05, 0.1) is 38.9 Å². The number of aryl methyl sites for hydroxylation is 1. The number of nitrogens with one attached hydrogen (secondary N) is 1. The van der Waals surface area contributed by atoms with Gasteiger partial charge in [0.25, 0.3) is 5.56 Å². The number of aromatic amines is 1. The SMILES string of the molecule is COc1ccc(C(OC[C@]23O[C@@H](n4cc(C)c(=O)[nH]c4=O)[C@H]([C@@H](N)[C@@H]2OC(C)=O)[C@@H]3O)(c2ccccc2)c2ccc(OC)cc2)cc1.O=C(O)C(F)(F)F. The number of hydrogen-bond donors (Lipinski definition) is 4. The number of benzene rings is 3. The molecule has 1 aromatic heterocycles. The zero-order valence-electron chi connectivity index (χ0n) is 29.4. The summed E-state index contributed by atoms with van der Waals surface area (Å²) < 4.78 is 63.2. The van der Waals surface area contributed by atoms with Crippen LogP contribution in [0, 0.1) is 12.8 Å². The molecule has 0 amide bonds. The summed E-state index contributed by atoms with van der Waals surface area (Å²) in [5.74, 6) is -2.99. The molecule has 4 aromatic rings. The van der Waals surface area contributed by atoms with Crippen molar-refractivity contribution in [2.45, 2.75) is 55.7 Å². The summed E-state index contributed by atoms with van der Waals surface area (Å²) in [5, 5.41) is 19.1. The summed E-state index contributed by atoms with van der Waals surface area (Å²) in [6.07, 6.45) is -7.27. The zero-order chi connectivity index (χ0) is 39.6. The van der Waals surface area contributed by atoms with E-state index < -0.39 is 71.0 Å². The number of hydrogen-bond acceptors (Lipinski definition) is 11. The Hall–Kier alpha value is -5.49. The molecule has 1 saturated carbocycles. The molecule has 6 rings (SSSR count). The van der Waals surface area contributed by atoms with Crippen molar-refractivity contribution in [3.05, 3.63) is 128 Å². The van der Waals surface area contributed by atoms with Gasteiger partial charge in [-0.15, -0.1) is 0 Å². The van der Waals surface area contributed by atoms with Crippen molar-refractivity contribution in [2.75, 3.05) is 20.8 Å². The van der Waals surface area contributed by atoms with Gasteiger partial charge in [0.15, 0.2) is 11.7 Å². The van der Waals surface area contributed by atoms with Crippen LogP contribution in [-0.2, 0) is 29.4 Å². The predicted octanol–water partition coefficient (Wildman–Crippen LogP) is 3.02. The number of carboxylic acid groups (broad SMARTS) is 1. The van der Waals surface area contributed by atoms with Gasteiger partial charge in [0.2, 0.25) is 0 Å². The van der Waals surface area contributed by atoms with E-state index in [1.807, 2.05) is 78.9 Å². The number of fused-ring (bicyclic) bond motifs is 2. The number of rotatable bonds is 10. The number of aliphatic carboxylic acids is 1. The van der Waals surface area contributed by atoms with Crippen LogP contribution in [0.1, 0.15) is 35.4 Å². The van der Waals surface area contributed by atoms with E-state index in [2.05, 4.69) is 4.98 Å². The van der Waals surface area contributed by atoms with E-state index in [0.29, 0.717) is 11.5 Å². The average Bonchev–Trinajstić information content (AvgIpc) is 3.54. The smallest absolute Gasteiger partial charge is 0.490 e. The fraction of sp³-hybridized carbons (Fsp3) is 0.351. The quantitative estimate of drug-likeness (QED) is 0.136. The first-order chi connectivity index (χ1) is 25.5. The number of aliphatic hydroxyl groups excluding tert-OH is 1. The number of carbonyl (C=O) groups excluding carboxylic acids is 1. The second-order valence-corrected chi connectivity index (χ2v) is 12.7. The Kier molecular flexibility index (Phi) is 11.4. The van der Waals surface area contributed by atoms with Crippen LogP contribution in [-0.4, -0.2) is 82.6 Å². The summed E-state index contributed by atoms with van der Waals surface area (Å²) in [6.45, 7) is 2.48. The molecule has 288 valence electrons. The van der Waals surface area contributed by atoms with Gasteiger partial charge in [-0.05, 0) is 47.9 Å².